The Morgan fingerprint density at radius 2 is 1.84 bits per heavy atom. The van der Waals surface area contributed by atoms with E-state index in [2.05, 4.69) is 42.8 Å². The number of benzene rings is 2. The Kier molecular flexibility index (Phi) is 11.7. The Labute approximate surface area is 354 Å². The number of anilines is 2. The molecule has 0 spiro atoms. The number of nitrogens with zero attached hydrogens (tertiary/aromatic N) is 8. The van der Waals surface area contributed by atoms with Crippen molar-refractivity contribution in [3.05, 3.63) is 94.4 Å². The van der Waals surface area contributed by atoms with Gasteiger partial charge in [0.05, 0.1) is 42.2 Å². The molecule has 1 atom stereocenters. The lowest BCUT2D eigenvalue weighted by Crippen LogP contribution is -2.44. The summed E-state index contributed by atoms with van der Waals surface area (Å²) in [6.07, 6.45) is 7.00. The van der Waals surface area contributed by atoms with Crippen molar-refractivity contribution in [1.82, 2.24) is 38.8 Å². The Balaban J connectivity index is 0.771. The van der Waals surface area contributed by atoms with Crippen LogP contribution in [-0.2, 0) is 32.5 Å². The quantitative estimate of drug-likeness (QED) is 0.110. The molecule has 1 unspecified atom stereocenters. The normalized spacial score (nSPS) is 19.7. The average Bonchev–Trinajstić information content (AvgIpc) is 3.98. The van der Waals surface area contributed by atoms with E-state index in [-0.39, 0.29) is 41.7 Å². The number of fused-ring (bicyclic) bond motifs is 2. The second-order valence-electron chi connectivity index (χ2n) is 16.3. The number of para-hydroxylation sites is 1. The van der Waals surface area contributed by atoms with Crippen LogP contribution in [0.5, 0.6) is 0 Å². The molecule has 1 saturated carbocycles. The number of rotatable bonds is 13. The number of aryl methyl sites for hydroxylation is 2. The number of hydrogen-bond donors (Lipinski definition) is 2. The van der Waals surface area contributed by atoms with Gasteiger partial charge in [-0.2, -0.15) is 10.2 Å². The predicted molar refractivity (Wildman–Crippen MR) is 225 cm³/mol. The number of alkyl halides is 2. The molecule has 3 amide bonds. The van der Waals surface area contributed by atoms with Crippen molar-refractivity contribution in [2.24, 2.45) is 13.0 Å². The minimum atomic E-state index is -2.88. The number of nitrogens with one attached hydrogen (secondary N) is 2. The minimum absolute atomic E-state index is 0.0313. The first-order valence-electron chi connectivity index (χ1n) is 21.2. The van der Waals surface area contributed by atoms with Crippen molar-refractivity contribution in [2.75, 3.05) is 49.7 Å². The number of carbonyl (C=O) groups excluding carboxylic acids is 3. The van der Waals surface area contributed by atoms with Crippen LogP contribution in [0, 0.1) is 5.92 Å². The van der Waals surface area contributed by atoms with E-state index in [0.29, 0.717) is 62.4 Å². The second-order valence-corrected chi connectivity index (χ2v) is 16.3. The molecule has 3 fully saturated rings. The third kappa shape index (κ3) is 8.23. The molecule has 6 aromatic rings. The van der Waals surface area contributed by atoms with Crippen LogP contribution in [0.1, 0.15) is 85.1 Å². The fourth-order valence-electron chi connectivity index (χ4n) is 9.03. The molecule has 2 N–H and O–H groups in total. The fourth-order valence-corrected chi connectivity index (χ4v) is 9.03. The topological polar surface area (TPSA) is 172 Å². The summed E-state index contributed by atoms with van der Waals surface area (Å²) in [5.41, 5.74) is 4.02. The van der Waals surface area contributed by atoms with E-state index >= 15 is 0 Å². The van der Waals surface area contributed by atoms with E-state index in [0.717, 1.165) is 60.7 Å². The molecule has 9 rings (SSSR count). The van der Waals surface area contributed by atoms with Gasteiger partial charge in [-0.25, -0.2) is 23.1 Å². The predicted octanol–water partition coefficient (Wildman–Crippen LogP) is 5.63. The maximum atomic E-state index is 14.2. The standard InChI is InChI=1S/C44H48F2N10O6/c1-52-39-31(8-3-9-34(39)56(44(52)60)35-14-15-37(57)50-43(35)59)29-7-2-5-27(23-29)6-4-20-62-26-28-10-12-30(13-11-28)55-25-33(38(51-55)40(45)46)48-42(58)32-24-47-54-17-16-36(49-41(32)54)53-18-21-61-22-19-53/h2-3,5,7-9,16-17,23-25,28,30,35,40H,4,6,10-15,18-22,26H2,1H3,(H,48,58)(H,50,57,59). The van der Waals surface area contributed by atoms with Crippen molar-refractivity contribution >= 4 is 45.9 Å². The number of amides is 3. The molecule has 6 heterocycles. The van der Waals surface area contributed by atoms with Gasteiger partial charge >= 0.3 is 5.69 Å². The number of carbonyl (C=O) groups is 3. The maximum Gasteiger partial charge on any atom is 0.329 e. The van der Waals surface area contributed by atoms with E-state index < -0.39 is 30.0 Å². The molecule has 0 radical (unpaired) electrons. The van der Waals surface area contributed by atoms with E-state index in [9.17, 15) is 28.0 Å². The first-order chi connectivity index (χ1) is 30.1. The zero-order chi connectivity index (χ0) is 42.9. The lowest BCUT2D eigenvalue weighted by atomic mass is 9.86. The molecule has 4 aromatic heterocycles. The molecule has 2 saturated heterocycles. The molecule has 324 valence electrons. The van der Waals surface area contributed by atoms with Crippen molar-refractivity contribution in [2.45, 2.75) is 69.9 Å². The number of morpholine rings is 1. The van der Waals surface area contributed by atoms with E-state index in [4.69, 9.17) is 9.47 Å². The van der Waals surface area contributed by atoms with Gasteiger partial charge in [-0.05, 0) is 74.1 Å². The molecular weight excluding hydrogens is 803 g/mol. The fraction of sp³-hybridized carbons (Fsp3) is 0.432. The highest BCUT2D eigenvalue weighted by Crippen LogP contribution is 2.36. The lowest BCUT2D eigenvalue weighted by molar-refractivity contribution is -0.135. The number of aromatic nitrogens is 7. The third-order valence-corrected chi connectivity index (χ3v) is 12.3. The molecule has 0 bridgehead atoms. The highest BCUT2D eigenvalue weighted by Gasteiger charge is 2.32. The van der Waals surface area contributed by atoms with Gasteiger partial charge in [0.1, 0.15) is 17.4 Å². The number of ether oxygens (including phenoxy) is 2. The molecule has 62 heavy (non-hydrogen) atoms. The molecule has 2 aliphatic heterocycles. The summed E-state index contributed by atoms with van der Waals surface area (Å²) in [6.45, 7) is 3.69. The van der Waals surface area contributed by atoms with Crippen molar-refractivity contribution in [3.63, 3.8) is 0 Å². The van der Waals surface area contributed by atoms with E-state index in [1.165, 1.54) is 21.5 Å². The highest BCUT2D eigenvalue weighted by molar-refractivity contribution is 6.08. The van der Waals surface area contributed by atoms with Gasteiger partial charge in [-0.15, -0.1) is 0 Å². The SMILES string of the molecule is Cn1c(=O)n(C2CCC(=O)NC2=O)c2cccc(-c3cccc(CCCOCC4CCC(n5cc(NC(=O)c6cnn7ccc(N8CCOCC8)nc67)c(C(F)F)n5)CC4)c3)c21. The molecule has 1 aliphatic carbocycles. The second kappa shape index (κ2) is 17.6. The van der Waals surface area contributed by atoms with Crippen molar-refractivity contribution < 1.29 is 32.6 Å². The maximum absolute atomic E-state index is 14.2. The summed E-state index contributed by atoms with van der Waals surface area (Å²) >= 11 is 0. The third-order valence-electron chi connectivity index (χ3n) is 12.3. The molecule has 3 aliphatic rings. The summed E-state index contributed by atoms with van der Waals surface area (Å²) in [7, 11) is 1.70. The van der Waals surface area contributed by atoms with Gasteiger partial charge in [0.15, 0.2) is 11.3 Å². The summed E-state index contributed by atoms with van der Waals surface area (Å²) in [5.74, 6) is -0.363. The summed E-state index contributed by atoms with van der Waals surface area (Å²) < 4.78 is 46.2. The zero-order valence-electron chi connectivity index (χ0n) is 34.3. The number of imidazole rings is 1. The lowest BCUT2D eigenvalue weighted by Gasteiger charge is -2.28. The summed E-state index contributed by atoms with van der Waals surface area (Å²) in [4.78, 5) is 58.1. The van der Waals surface area contributed by atoms with Crippen LogP contribution in [0.25, 0.3) is 27.8 Å². The van der Waals surface area contributed by atoms with Gasteiger partial charge in [0.25, 0.3) is 12.3 Å². The van der Waals surface area contributed by atoms with E-state index in [1.807, 2.05) is 36.4 Å². The van der Waals surface area contributed by atoms with Gasteiger partial charge in [-0.1, -0.05) is 36.4 Å². The first-order valence-corrected chi connectivity index (χ1v) is 21.2. The zero-order valence-corrected chi connectivity index (χ0v) is 34.3. The van der Waals surface area contributed by atoms with Crippen LogP contribution in [-0.4, -0.2) is 90.8 Å². The highest BCUT2D eigenvalue weighted by atomic mass is 19.3. The van der Waals surface area contributed by atoms with Gasteiger partial charge < -0.3 is 19.7 Å². The van der Waals surface area contributed by atoms with Crippen LogP contribution < -0.4 is 21.2 Å². The monoisotopic (exact) mass is 850 g/mol. The number of halogens is 2. The largest absolute Gasteiger partial charge is 0.381 e. The van der Waals surface area contributed by atoms with Crippen LogP contribution in [0.15, 0.2) is 71.9 Å². The van der Waals surface area contributed by atoms with Crippen molar-refractivity contribution in [1.29, 1.82) is 0 Å². The van der Waals surface area contributed by atoms with Crippen LogP contribution in [0.4, 0.5) is 20.3 Å². The van der Waals surface area contributed by atoms with Crippen LogP contribution in [0.2, 0.25) is 0 Å². The molecule has 18 heteroatoms. The molecular formula is C44H48F2N10O6. The number of imide groups is 1. The van der Waals surface area contributed by atoms with Crippen molar-refractivity contribution in [3.8, 4) is 11.1 Å². The Hall–Kier alpha value is -6.27. The minimum Gasteiger partial charge on any atom is -0.381 e. The number of piperidine rings is 1. The molecule has 2 aromatic carbocycles. The number of hydrogen-bond acceptors (Lipinski definition) is 10. The van der Waals surface area contributed by atoms with Crippen LogP contribution >= 0.6 is 0 Å². The molecule has 16 nitrogen and oxygen atoms in total. The van der Waals surface area contributed by atoms with Gasteiger partial charge in [0, 0.05) is 57.7 Å². The summed E-state index contributed by atoms with van der Waals surface area (Å²) in [6, 6.07) is 14.9. The van der Waals surface area contributed by atoms with Gasteiger partial charge in [-0.3, -0.25) is 33.5 Å². The first kappa shape index (κ1) is 41.1. The van der Waals surface area contributed by atoms with Gasteiger partial charge in [0.2, 0.25) is 11.8 Å². The smallest absolute Gasteiger partial charge is 0.329 e. The Morgan fingerprint density at radius 3 is 2.63 bits per heavy atom. The van der Waals surface area contributed by atoms with E-state index in [1.54, 1.807) is 22.5 Å². The average molecular weight is 851 g/mol. The summed E-state index contributed by atoms with van der Waals surface area (Å²) in [5, 5.41) is 13.5. The van der Waals surface area contributed by atoms with Crippen LogP contribution in [0.3, 0.4) is 0 Å². The Bertz CT molecular complexity index is 2690. The Morgan fingerprint density at radius 1 is 1.03 bits per heavy atom.